The third kappa shape index (κ3) is 0.827. The lowest BCUT2D eigenvalue weighted by Crippen LogP contribution is -2.20. The molecule has 56 valence electrons. The predicted molar refractivity (Wildman–Crippen MR) is 36.7 cm³/mol. The summed E-state index contributed by atoms with van der Waals surface area (Å²) in [7, 11) is 0. The van der Waals surface area contributed by atoms with E-state index in [1.165, 1.54) is 0 Å². The first-order valence-electron chi connectivity index (χ1n) is 3.19. The lowest BCUT2D eigenvalue weighted by atomic mass is 10.1. The molecule has 1 rings (SSSR count). The average Bonchev–Trinajstić information content (AvgIpc) is 2.61. The average molecular weight is 141 g/mol. The second-order valence-corrected chi connectivity index (χ2v) is 2.87. The Morgan fingerprint density at radius 1 is 2.00 bits per heavy atom. The van der Waals surface area contributed by atoms with Crippen molar-refractivity contribution in [1.82, 2.24) is 0 Å². The van der Waals surface area contributed by atoms with Crippen molar-refractivity contribution in [3.63, 3.8) is 0 Å². The molecule has 0 heterocycles. The lowest BCUT2D eigenvalue weighted by molar-refractivity contribution is -0.150. The molecule has 0 aromatic rings. The highest BCUT2D eigenvalue weighted by atomic mass is 16.7. The van der Waals surface area contributed by atoms with E-state index in [4.69, 9.17) is 5.90 Å². The minimum Gasteiger partial charge on any atom is -0.373 e. The molecule has 1 aliphatic carbocycles. The minimum atomic E-state index is -0.378. The summed E-state index contributed by atoms with van der Waals surface area (Å²) in [6, 6.07) is 0. The molecule has 0 amide bonds. The van der Waals surface area contributed by atoms with Gasteiger partial charge in [0.25, 0.3) is 0 Å². The molecular weight excluding hydrogens is 130 g/mol. The van der Waals surface area contributed by atoms with Crippen molar-refractivity contribution in [2.75, 3.05) is 0 Å². The van der Waals surface area contributed by atoms with Gasteiger partial charge in [0.05, 0.1) is 5.41 Å². The van der Waals surface area contributed by atoms with Gasteiger partial charge in [-0.3, -0.25) is 0 Å². The number of nitrogens with two attached hydrogens (primary N) is 1. The largest absolute Gasteiger partial charge is 0.373 e. The van der Waals surface area contributed by atoms with Gasteiger partial charge in [-0.2, -0.15) is 5.90 Å². The smallest absolute Gasteiger partial charge is 0.330 e. The molecule has 0 radical (unpaired) electrons. The van der Waals surface area contributed by atoms with E-state index in [0.717, 1.165) is 6.42 Å². The minimum absolute atomic E-state index is 0.253. The number of hydrogen-bond acceptors (Lipinski definition) is 3. The van der Waals surface area contributed by atoms with Gasteiger partial charge in [0, 0.05) is 0 Å². The Labute approximate surface area is 59.8 Å². The fourth-order valence-corrected chi connectivity index (χ4v) is 1.11. The SMILES string of the molecule is C=CC1CC1(C)C(=O)ON. The third-order valence-corrected chi connectivity index (χ3v) is 2.16. The number of carbonyl (C=O) groups is 1. The molecule has 0 spiro atoms. The van der Waals surface area contributed by atoms with Crippen molar-refractivity contribution in [2.24, 2.45) is 17.2 Å². The molecular formula is C7H11NO2. The monoisotopic (exact) mass is 141 g/mol. The van der Waals surface area contributed by atoms with Gasteiger partial charge in [-0.1, -0.05) is 6.08 Å². The van der Waals surface area contributed by atoms with Gasteiger partial charge in [-0.05, 0) is 19.3 Å². The topological polar surface area (TPSA) is 52.3 Å². The van der Waals surface area contributed by atoms with Gasteiger partial charge in [0.15, 0.2) is 0 Å². The van der Waals surface area contributed by atoms with E-state index in [1.807, 2.05) is 6.92 Å². The molecule has 1 fully saturated rings. The van der Waals surface area contributed by atoms with E-state index in [1.54, 1.807) is 6.08 Å². The Hall–Kier alpha value is -0.830. The summed E-state index contributed by atoms with van der Waals surface area (Å²) in [6.07, 6.45) is 2.57. The molecule has 3 nitrogen and oxygen atoms in total. The highest BCUT2D eigenvalue weighted by Gasteiger charge is 2.55. The lowest BCUT2D eigenvalue weighted by Gasteiger charge is -2.03. The molecule has 0 bridgehead atoms. The quantitative estimate of drug-likeness (QED) is 0.453. The van der Waals surface area contributed by atoms with Crippen LogP contribution in [0.25, 0.3) is 0 Å². The number of rotatable bonds is 2. The van der Waals surface area contributed by atoms with Crippen molar-refractivity contribution < 1.29 is 9.63 Å². The zero-order valence-electron chi connectivity index (χ0n) is 5.96. The predicted octanol–water partition coefficient (Wildman–Crippen LogP) is 0.616. The van der Waals surface area contributed by atoms with Crippen LogP contribution in [0.1, 0.15) is 13.3 Å². The first-order chi connectivity index (χ1) is 4.65. The maximum absolute atomic E-state index is 10.9. The first kappa shape index (κ1) is 7.28. The van der Waals surface area contributed by atoms with Crippen molar-refractivity contribution in [1.29, 1.82) is 0 Å². The molecule has 2 N–H and O–H groups in total. The van der Waals surface area contributed by atoms with Gasteiger partial charge in [0.2, 0.25) is 0 Å². The fraction of sp³-hybridized carbons (Fsp3) is 0.571. The Kier molecular flexibility index (Phi) is 1.52. The molecule has 0 aromatic heterocycles. The summed E-state index contributed by atoms with van der Waals surface area (Å²) in [4.78, 5) is 15.0. The van der Waals surface area contributed by atoms with Crippen LogP contribution >= 0.6 is 0 Å². The molecule has 2 unspecified atom stereocenters. The summed E-state index contributed by atoms with van der Waals surface area (Å²) >= 11 is 0. The van der Waals surface area contributed by atoms with E-state index < -0.39 is 0 Å². The Balaban J connectivity index is 2.58. The highest BCUT2D eigenvalue weighted by molar-refractivity contribution is 5.80. The van der Waals surface area contributed by atoms with Crippen LogP contribution in [0.3, 0.4) is 0 Å². The molecule has 10 heavy (non-hydrogen) atoms. The molecule has 3 heteroatoms. The molecule has 0 saturated heterocycles. The molecule has 1 aliphatic rings. The molecule has 2 atom stereocenters. The van der Waals surface area contributed by atoms with Crippen molar-refractivity contribution in [2.45, 2.75) is 13.3 Å². The third-order valence-electron chi connectivity index (χ3n) is 2.16. The van der Waals surface area contributed by atoms with Gasteiger partial charge in [0.1, 0.15) is 0 Å². The van der Waals surface area contributed by atoms with Crippen molar-refractivity contribution in [3.8, 4) is 0 Å². The van der Waals surface area contributed by atoms with Crippen LogP contribution in [0.4, 0.5) is 0 Å². The van der Waals surface area contributed by atoms with Crippen LogP contribution in [-0.4, -0.2) is 5.97 Å². The second kappa shape index (κ2) is 2.09. The zero-order chi connectivity index (χ0) is 7.78. The van der Waals surface area contributed by atoms with E-state index in [-0.39, 0.29) is 17.3 Å². The van der Waals surface area contributed by atoms with Crippen LogP contribution in [0.15, 0.2) is 12.7 Å². The van der Waals surface area contributed by atoms with Gasteiger partial charge in [-0.25, -0.2) is 4.79 Å². The van der Waals surface area contributed by atoms with Crippen LogP contribution in [-0.2, 0) is 9.63 Å². The Morgan fingerprint density at radius 3 is 2.90 bits per heavy atom. The van der Waals surface area contributed by atoms with Gasteiger partial charge < -0.3 is 4.84 Å². The van der Waals surface area contributed by atoms with E-state index >= 15 is 0 Å². The number of hydrogen-bond donors (Lipinski definition) is 1. The van der Waals surface area contributed by atoms with Crippen molar-refractivity contribution in [3.05, 3.63) is 12.7 Å². The van der Waals surface area contributed by atoms with Gasteiger partial charge in [-0.15, -0.1) is 6.58 Å². The first-order valence-corrected chi connectivity index (χ1v) is 3.19. The van der Waals surface area contributed by atoms with Crippen LogP contribution < -0.4 is 5.90 Å². The molecule has 0 aliphatic heterocycles. The summed E-state index contributed by atoms with van der Waals surface area (Å²) in [5.41, 5.74) is -0.378. The van der Waals surface area contributed by atoms with E-state index in [0.29, 0.717) is 0 Å². The number of allylic oxidation sites excluding steroid dienone is 1. The zero-order valence-corrected chi connectivity index (χ0v) is 5.96. The van der Waals surface area contributed by atoms with Gasteiger partial charge >= 0.3 is 5.97 Å². The molecule has 0 aromatic carbocycles. The van der Waals surface area contributed by atoms with E-state index in [2.05, 4.69) is 11.4 Å². The fourth-order valence-electron chi connectivity index (χ4n) is 1.11. The normalized spacial score (nSPS) is 36.8. The Morgan fingerprint density at radius 2 is 2.60 bits per heavy atom. The van der Waals surface area contributed by atoms with E-state index in [9.17, 15) is 4.79 Å². The van der Waals surface area contributed by atoms with Crippen LogP contribution in [0.5, 0.6) is 0 Å². The summed E-state index contributed by atoms with van der Waals surface area (Å²) in [6.45, 7) is 5.41. The van der Waals surface area contributed by atoms with Crippen LogP contribution in [0, 0.1) is 11.3 Å². The highest BCUT2D eigenvalue weighted by Crippen LogP contribution is 2.53. The maximum atomic E-state index is 10.9. The molecule has 1 saturated carbocycles. The Bertz CT molecular complexity index is 178. The summed E-state index contributed by atoms with van der Waals surface area (Å²) in [5.74, 6) is 4.65. The summed E-state index contributed by atoms with van der Waals surface area (Å²) < 4.78 is 0. The van der Waals surface area contributed by atoms with Crippen LogP contribution in [0.2, 0.25) is 0 Å². The maximum Gasteiger partial charge on any atom is 0.330 e. The number of carbonyl (C=O) groups excluding carboxylic acids is 1. The summed E-state index contributed by atoms with van der Waals surface area (Å²) in [5, 5.41) is 0. The van der Waals surface area contributed by atoms with Crippen molar-refractivity contribution >= 4 is 5.97 Å². The second-order valence-electron chi connectivity index (χ2n) is 2.87. The standard InChI is InChI=1S/C7H11NO2/c1-3-5-4-7(5,2)6(9)10-8/h3,5H,1,4,8H2,2H3.